The SMILES string of the molecule is CC(C)Oc1cccc(C(C)(N)c2ccccc2Cl)c1. The molecule has 0 bridgehead atoms. The molecule has 0 saturated carbocycles. The zero-order valence-electron chi connectivity index (χ0n) is 12.1. The largest absolute Gasteiger partial charge is 0.491 e. The van der Waals surface area contributed by atoms with Crippen molar-refractivity contribution in [3.8, 4) is 5.75 Å². The Morgan fingerprint density at radius 1 is 1.10 bits per heavy atom. The van der Waals surface area contributed by atoms with Crippen LogP contribution in [0.15, 0.2) is 48.5 Å². The van der Waals surface area contributed by atoms with Crippen molar-refractivity contribution in [2.45, 2.75) is 32.4 Å². The second-order valence-electron chi connectivity index (χ2n) is 5.38. The number of ether oxygens (including phenoxy) is 1. The number of halogens is 1. The Labute approximate surface area is 125 Å². The highest BCUT2D eigenvalue weighted by molar-refractivity contribution is 6.31. The summed E-state index contributed by atoms with van der Waals surface area (Å²) in [7, 11) is 0. The van der Waals surface area contributed by atoms with Crippen molar-refractivity contribution in [2.75, 3.05) is 0 Å². The molecule has 0 aliphatic rings. The van der Waals surface area contributed by atoms with E-state index in [0.29, 0.717) is 5.02 Å². The molecule has 2 aromatic rings. The van der Waals surface area contributed by atoms with Gasteiger partial charge in [0.25, 0.3) is 0 Å². The summed E-state index contributed by atoms with van der Waals surface area (Å²) in [5.41, 5.74) is 7.74. The van der Waals surface area contributed by atoms with Gasteiger partial charge in [0, 0.05) is 5.02 Å². The minimum atomic E-state index is -0.658. The van der Waals surface area contributed by atoms with Crippen molar-refractivity contribution in [1.29, 1.82) is 0 Å². The fourth-order valence-corrected chi connectivity index (χ4v) is 2.53. The maximum absolute atomic E-state index is 6.52. The van der Waals surface area contributed by atoms with Crippen LogP contribution >= 0.6 is 11.6 Å². The van der Waals surface area contributed by atoms with Crippen LogP contribution in [0.5, 0.6) is 5.75 Å². The fourth-order valence-electron chi connectivity index (χ4n) is 2.20. The monoisotopic (exact) mass is 289 g/mol. The quantitative estimate of drug-likeness (QED) is 0.908. The Balaban J connectivity index is 2.41. The van der Waals surface area contributed by atoms with Crippen LogP contribution in [-0.4, -0.2) is 6.10 Å². The van der Waals surface area contributed by atoms with Gasteiger partial charge in [-0.15, -0.1) is 0 Å². The first-order valence-electron chi connectivity index (χ1n) is 6.72. The van der Waals surface area contributed by atoms with Crippen LogP contribution in [0.4, 0.5) is 0 Å². The van der Waals surface area contributed by atoms with Crippen LogP contribution in [0.1, 0.15) is 31.9 Å². The van der Waals surface area contributed by atoms with E-state index < -0.39 is 5.54 Å². The molecule has 20 heavy (non-hydrogen) atoms. The highest BCUT2D eigenvalue weighted by Crippen LogP contribution is 2.33. The number of benzene rings is 2. The van der Waals surface area contributed by atoms with Crippen molar-refractivity contribution in [2.24, 2.45) is 5.73 Å². The van der Waals surface area contributed by atoms with Gasteiger partial charge in [0.1, 0.15) is 5.75 Å². The minimum absolute atomic E-state index is 0.134. The first-order valence-corrected chi connectivity index (χ1v) is 7.10. The molecule has 0 saturated heterocycles. The molecule has 3 heteroatoms. The van der Waals surface area contributed by atoms with Gasteiger partial charge in [-0.2, -0.15) is 0 Å². The maximum Gasteiger partial charge on any atom is 0.120 e. The molecule has 0 amide bonds. The molecule has 106 valence electrons. The molecule has 0 aliphatic heterocycles. The molecule has 2 rings (SSSR count). The predicted octanol–water partition coefficient (Wildman–Crippen LogP) is 4.35. The van der Waals surface area contributed by atoms with Gasteiger partial charge < -0.3 is 10.5 Å². The average molecular weight is 290 g/mol. The van der Waals surface area contributed by atoms with Crippen molar-refractivity contribution >= 4 is 11.6 Å². The summed E-state index contributed by atoms with van der Waals surface area (Å²) in [6.45, 7) is 5.97. The van der Waals surface area contributed by atoms with Gasteiger partial charge in [-0.25, -0.2) is 0 Å². The average Bonchev–Trinajstić information content (AvgIpc) is 2.38. The Kier molecular flexibility index (Phi) is 4.36. The van der Waals surface area contributed by atoms with Crippen LogP contribution < -0.4 is 10.5 Å². The van der Waals surface area contributed by atoms with Crippen molar-refractivity contribution in [1.82, 2.24) is 0 Å². The third-order valence-electron chi connectivity index (χ3n) is 3.24. The van der Waals surface area contributed by atoms with Crippen molar-refractivity contribution in [3.63, 3.8) is 0 Å². The standard InChI is InChI=1S/C17H20ClNO/c1-12(2)20-14-8-6-7-13(11-14)17(3,19)15-9-4-5-10-16(15)18/h4-12H,19H2,1-3H3. The van der Waals surface area contributed by atoms with Gasteiger partial charge in [-0.3, -0.25) is 0 Å². The van der Waals surface area contributed by atoms with Crippen LogP contribution in [0.3, 0.4) is 0 Å². The van der Waals surface area contributed by atoms with Gasteiger partial charge in [-0.1, -0.05) is 41.9 Å². The summed E-state index contributed by atoms with van der Waals surface area (Å²) < 4.78 is 5.73. The van der Waals surface area contributed by atoms with Gasteiger partial charge in [-0.05, 0) is 50.1 Å². The molecule has 2 aromatic carbocycles. The Morgan fingerprint density at radius 2 is 1.80 bits per heavy atom. The van der Waals surface area contributed by atoms with Crippen LogP contribution in [0, 0.1) is 0 Å². The number of hydrogen-bond donors (Lipinski definition) is 1. The molecule has 1 atom stereocenters. The molecule has 0 aliphatic carbocycles. The second-order valence-corrected chi connectivity index (χ2v) is 5.78. The molecular weight excluding hydrogens is 270 g/mol. The lowest BCUT2D eigenvalue weighted by atomic mass is 9.85. The lowest BCUT2D eigenvalue weighted by molar-refractivity contribution is 0.242. The summed E-state index contributed by atoms with van der Waals surface area (Å²) in [5.74, 6) is 0.821. The zero-order valence-corrected chi connectivity index (χ0v) is 12.8. The Bertz CT molecular complexity index is 593. The number of nitrogens with two attached hydrogens (primary N) is 1. The molecule has 0 radical (unpaired) electrons. The van der Waals surface area contributed by atoms with E-state index in [9.17, 15) is 0 Å². The lowest BCUT2D eigenvalue weighted by Crippen LogP contribution is -2.34. The summed E-state index contributed by atoms with van der Waals surface area (Å²) in [6.07, 6.45) is 0.134. The second kappa shape index (κ2) is 5.86. The van der Waals surface area contributed by atoms with E-state index in [2.05, 4.69) is 0 Å². The third-order valence-corrected chi connectivity index (χ3v) is 3.57. The van der Waals surface area contributed by atoms with E-state index in [0.717, 1.165) is 16.9 Å². The van der Waals surface area contributed by atoms with Gasteiger partial charge in [0.2, 0.25) is 0 Å². The summed E-state index contributed by atoms with van der Waals surface area (Å²) in [5, 5.41) is 0.674. The van der Waals surface area contributed by atoms with Gasteiger partial charge in [0.05, 0.1) is 11.6 Å². The van der Waals surface area contributed by atoms with Crippen molar-refractivity contribution in [3.05, 3.63) is 64.7 Å². The van der Waals surface area contributed by atoms with E-state index >= 15 is 0 Å². The maximum atomic E-state index is 6.52. The molecule has 0 spiro atoms. The normalized spacial score (nSPS) is 14.1. The predicted molar refractivity (Wildman–Crippen MR) is 84.3 cm³/mol. The highest BCUT2D eigenvalue weighted by atomic mass is 35.5. The topological polar surface area (TPSA) is 35.2 Å². The molecule has 0 fully saturated rings. The Hall–Kier alpha value is -1.51. The summed E-state index contributed by atoms with van der Waals surface area (Å²) in [4.78, 5) is 0. The molecule has 1 unspecified atom stereocenters. The molecular formula is C17H20ClNO. The van der Waals surface area contributed by atoms with E-state index in [1.807, 2.05) is 69.3 Å². The minimum Gasteiger partial charge on any atom is -0.491 e. The Morgan fingerprint density at radius 3 is 2.45 bits per heavy atom. The van der Waals surface area contributed by atoms with E-state index in [1.54, 1.807) is 0 Å². The number of rotatable bonds is 4. The highest BCUT2D eigenvalue weighted by Gasteiger charge is 2.26. The number of hydrogen-bond acceptors (Lipinski definition) is 2. The fraction of sp³-hybridized carbons (Fsp3) is 0.294. The lowest BCUT2D eigenvalue weighted by Gasteiger charge is -2.27. The molecule has 0 heterocycles. The zero-order chi connectivity index (χ0) is 14.8. The van der Waals surface area contributed by atoms with E-state index in [4.69, 9.17) is 22.1 Å². The first kappa shape index (κ1) is 14.9. The summed E-state index contributed by atoms with van der Waals surface area (Å²) in [6, 6.07) is 15.5. The van der Waals surface area contributed by atoms with Crippen LogP contribution in [0.25, 0.3) is 0 Å². The molecule has 2 nitrogen and oxygen atoms in total. The van der Waals surface area contributed by atoms with Gasteiger partial charge in [0.15, 0.2) is 0 Å². The molecule has 0 aromatic heterocycles. The smallest absolute Gasteiger partial charge is 0.120 e. The molecule has 2 N–H and O–H groups in total. The van der Waals surface area contributed by atoms with Crippen LogP contribution in [-0.2, 0) is 5.54 Å². The third kappa shape index (κ3) is 3.14. The summed E-state index contributed by atoms with van der Waals surface area (Å²) >= 11 is 6.27. The van der Waals surface area contributed by atoms with E-state index in [1.165, 1.54) is 0 Å². The van der Waals surface area contributed by atoms with Crippen molar-refractivity contribution < 1.29 is 4.74 Å². The first-order chi connectivity index (χ1) is 9.41. The van der Waals surface area contributed by atoms with Gasteiger partial charge >= 0.3 is 0 Å². The van der Waals surface area contributed by atoms with E-state index in [-0.39, 0.29) is 6.10 Å². The van der Waals surface area contributed by atoms with Crippen LogP contribution in [0.2, 0.25) is 5.02 Å².